The van der Waals surface area contributed by atoms with Crippen molar-refractivity contribution in [1.29, 1.82) is 0 Å². The van der Waals surface area contributed by atoms with E-state index in [0.717, 1.165) is 30.6 Å². The van der Waals surface area contributed by atoms with Gasteiger partial charge < -0.3 is 115 Å². The molecule has 45 heteroatoms. The number of hydrogen-bond acceptors (Lipinski definition) is 34. The SMILES string of the molecule is COc1cc(C(=O)NC2CCN(CCOCCN(CC(=O)Nc3cccc4c3CN(C3CCC(=O)NC3=O)C4=O)C(=O)OC(C)C(C)OOCC(NC(=O)CCOCCOCCOCCOCCOCCOCCNC(=O)CCC(O)NC(=O)c3ccc(NCc4cnc5nc(O)[nH]c(=O)c5n4)cc3)C(=O)O)CC2)ccc1Nc1ncc2c(n1)N(C1CCCC1)CC(=O)N2C. The van der Waals surface area contributed by atoms with Gasteiger partial charge in [0, 0.05) is 118 Å². The number of amides is 10. The average molecular weight is 1820 g/mol. The van der Waals surface area contributed by atoms with E-state index in [1.807, 2.05) is 0 Å². The molecule has 5 unspecified atom stereocenters. The highest BCUT2D eigenvalue weighted by Gasteiger charge is 2.41. The molecule has 6 aromatic rings. The quantitative estimate of drug-likeness (QED) is 0.00851. The predicted octanol–water partition coefficient (Wildman–Crippen LogP) is 1.78. The van der Waals surface area contributed by atoms with Crippen LogP contribution in [0.5, 0.6) is 11.8 Å². The zero-order valence-corrected chi connectivity index (χ0v) is 72.9. The second-order valence-corrected chi connectivity index (χ2v) is 31.2. The normalized spacial score (nSPS) is 16.3. The number of carboxylic acid groups (broad SMARTS) is 1. The minimum atomic E-state index is -1.55. The third-order valence-corrected chi connectivity index (χ3v) is 21.9. The molecular weight excluding hydrogens is 1700 g/mol. The van der Waals surface area contributed by atoms with Crippen molar-refractivity contribution in [3.63, 3.8) is 0 Å². The first-order valence-corrected chi connectivity index (χ1v) is 43.1. The molecule has 10 amide bonds. The molecule has 3 aromatic carbocycles. The second-order valence-electron chi connectivity index (χ2n) is 31.2. The molecular formula is C85H113N19O26. The number of imide groups is 1. The third kappa shape index (κ3) is 29.6. The van der Waals surface area contributed by atoms with Crippen LogP contribution in [0.4, 0.5) is 39.3 Å². The highest BCUT2D eigenvalue weighted by molar-refractivity contribution is 6.07. The van der Waals surface area contributed by atoms with Crippen molar-refractivity contribution in [1.82, 2.24) is 71.2 Å². The van der Waals surface area contributed by atoms with E-state index < -0.39 is 103 Å². The summed E-state index contributed by atoms with van der Waals surface area (Å²) in [5, 5.41) is 51.8. The summed E-state index contributed by atoms with van der Waals surface area (Å²) in [6, 6.07) is 13.3. The molecule has 1 saturated carbocycles. The van der Waals surface area contributed by atoms with Crippen LogP contribution < -0.4 is 62.6 Å². The Labute approximate surface area is 747 Å². The van der Waals surface area contributed by atoms with Crippen molar-refractivity contribution in [3.8, 4) is 11.8 Å². The molecule has 0 bridgehead atoms. The maximum absolute atomic E-state index is 14.0. The van der Waals surface area contributed by atoms with Crippen LogP contribution in [-0.2, 0) is 94.3 Å². The molecule has 3 aromatic heterocycles. The van der Waals surface area contributed by atoms with Gasteiger partial charge >= 0.3 is 12.1 Å². The molecule has 5 atom stereocenters. The topological polar surface area (TPSA) is 560 Å². The number of rotatable bonds is 53. The van der Waals surface area contributed by atoms with E-state index in [-0.39, 0.29) is 182 Å². The number of nitrogens with zero attached hydrogens (tertiary/aromatic N) is 10. The lowest BCUT2D eigenvalue weighted by atomic mass is 10.0. The highest BCUT2D eigenvalue weighted by atomic mass is 17.2. The third-order valence-electron chi connectivity index (χ3n) is 21.9. The molecule has 11 rings (SSSR count). The molecule has 7 heterocycles. The fourth-order valence-electron chi connectivity index (χ4n) is 14.6. The number of fused-ring (bicyclic) bond motifs is 3. The number of aromatic amines is 1. The first kappa shape index (κ1) is 98.3. The van der Waals surface area contributed by atoms with Crippen LogP contribution in [0, 0.1) is 0 Å². The maximum Gasteiger partial charge on any atom is 0.410 e. The van der Waals surface area contributed by atoms with E-state index in [1.54, 1.807) is 78.8 Å². The van der Waals surface area contributed by atoms with E-state index in [9.17, 15) is 72.9 Å². The number of ether oxygens (including phenoxy) is 9. The maximum atomic E-state index is 14.0. The van der Waals surface area contributed by atoms with Crippen LogP contribution in [0.15, 0.2) is 77.9 Å². The molecule has 2 saturated heterocycles. The number of likely N-dealkylation sites (tertiary alicyclic amines) is 1. The lowest BCUT2D eigenvalue weighted by Crippen LogP contribution is -2.52. The minimum Gasteiger partial charge on any atom is -0.495 e. The van der Waals surface area contributed by atoms with Gasteiger partial charge in [-0.15, -0.1) is 0 Å². The number of anilines is 6. The smallest absolute Gasteiger partial charge is 0.410 e. The van der Waals surface area contributed by atoms with E-state index in [0.29, 0.717) is 117 Å². The van der Waals surface area contributed by atoms with Gasteiger partial charge in [-0.25, -0.2) is 34.3 Å². The molecule has 45 nitrogen and oxygen atoms in total. The van der Waals surface area contributed by atoms with E-state index in [1.165, 1.54) is 32.1 Å². The Morgan fingerprint density at radius 3 is 2.06 bits per heavy atom. The Bertz CT molecular complexity index is 4930. The predicted molar refractivity (Wildman–Crippen MR) is 462 cm³/mol. The molecule has 704 valence electrons. The summed E-state index contributed by atoms with van der Waals surface area (Å²) >= 11 is 0. The van der Waals surface area contributed by atoms with Crippen molar-refractivity contribution in [2.45, 2.75) is 140 Å². The Morgan fingerprint density at radius 2 is 1.37 bits per heavy atom. The highest BCUT2D eigenvalue weighted by Crippen LogP contribution is 2.38. The minimum absolute atomic E-state index is 0.00133. The van der Waals surface area contributed by atoms with E-state index in [2.05, 4.69) is 77.3 Å². The number of methoxy groups -OCH3 is 1. The molecule has 1 aliphatic carbocycles. The van der Waals surface area contributed by atoms with Gasteiger partial charge in [0.1, 0.15) is 49.1 Å². The van der Waals surface area contributed by atoms with Crippen molar-refractivity contribution < 1.29 is 120 Å². The monoisotopic (exact) mass is 1820 g/mol. The van der Waals surface area contributed by atoms with Crippen LogP contribution in [0.25, 0.3) is 11.2 Å². The number of piperidine rings is 2. The van der Waals surface area contributed by atoms with Crippen molar-refractivity contribution in [2.75, 3.05) is 185 Å². The number of carbonyl (C=O) groups excluding carboxylic acids is 10. The number of likely N-dealkylation sites (N-methyl/N-ethyl adjacent to an activating group) is 1. The van der Waals surface area contributed by atoms with E-state index in [4.69, 9.17) is 57.4 Å². The first-order valence-electron chi connectivity index (χ1n) is 43.1. The number of aliphatic hydroxyl groups excluding tert-OH is 1. The summed E-state index contributed by atoms with van der Waals surface area (Å²) in [7, 11) is 3.23. The fraction of sp³-hybridized carbons (Fsp3) is 0.541. The lowest BCUT2D eigenvalue weighted by Gasteiger charge is -2.37. The number of hydrogen-bond donors (Lipinski definition) is 12. The van der Waals surface area contributed by atoms with Crippen LogP contribution >= 0.6 is 0 Å². The summed E-state index contributed by atoms with van der Waals surface area (Å²) in [6.07, 6.45) is 4.11. The van der Waals surface area contributed by atoms with Crippen molar-refractivity contribution in [3.05, 3.63) is 111 Å². The zero-order valence-electron chi connectivity index (χ0n) is 72.9. The summed E-state index contributed by atoms with van der Waals surface area (Å²) in [5.74, 6) is -3.99. The number of aromatic nitrogens is 6. The number of carbonyl (C=O) groups is 11. The second kappa shape index (κ2) is 50.0. The van der Waals surface area contributed by atoms with Gasteiger partial charge in [0.25, 0.3) is 29.3 Å². The molecule has 3 fully saturated rings. The number of H-pyrrole nitrogens is 1. The lowest BCUT2D eigenvalue weighted by molar-refractivity contribution is -0.334. The largest absolute Gasteiger partial charge is 0.495 e. The molecule has 130 heavy (non-hydrogen) atoms. The summed E-state index contributed by atoms with van der Waals surface area (Å²) in [5.41, 5.74) is 3.22. The van der Waals surface area contributed by atoms with Gasteiger partial charge in [0.15, 0.2) is 23.0 Å². The number of nitrogens with one attached hydrogen (secondary N) is 9. The number of carboxylic acids is 1. The van der Waals surface area contributed by atoms with Gasteiger partial charge in [-0.1, -0.05) is 18.9 Å². The summed E-state index contributed by atoms with van der Waals surface area (Å²) < 4.78 is 50.6. The molecule has 4 aliphatic heterocycles. The van der Waals surface area contributed by atoms with E-state index >= 15 is 0 Å². The Kier molecular flexibility index (Phi) is 37.8. The molecule has 5 aliphatic rings. The van der Waals surface area contributed by atoms with Gasteiger partial charge in [0.2, 0.25) is 41.4 Å². The Balaban J connectivity index is 0.511. The van der Waals surface area contributed by atoms with Crippen LogP contribution in [0.3, 0.4) is 0 Å². The number of benzene rings is 3. The fourth-order valence-corrected chi connectivity index (χ4v) is 14.6. The number of aliphatic carboxylic acids is 1. The Hall–Kier alpha value is -12.3. The average Bonchev–Trinajstić information content (AvgIpc) is 1.55. The van der Waals surface area contributed by atoms with Crippen LogP contribution in [-0.4, -0.2) is 327 Å². The molecule has 12 N–H and O–H groups in total. The summed E-state index contributed by atoms with van der Waals surface area (Å²) in [4.78, 5) is 197. The Morgan fingerprint density at radius 1 is 0.685 bits per heavy atom. The molecule has 0 radical (unpaired) electrons. The molecule has 0 spiro atoms. The van der Waals surface area contributed by atoms with Crippen molar-refractivity contribution in [2.24, 2.45) is 0 Å². The van der Waals surface area contributed by atoms with Gasteiger partial charge in [-0.05, 0) is 101 Å². The number of aliphatic hydroxyl groups is 1. The van der Waals surface area contributed by atoms with Gasteiger partial charge in [-0.3, -0.25) is 63.1 Å². The van der Waals surface area contributed by atoms with Crippen molar-refractivity contribution >= 4 is 111 Å². The first-order chi connectivity index (χ1) is 62.8. The zero-order chi connectivity index (χ0) is 92.4. The van der Waals surface area contributed by atoms with Crippen LogP contribution in [0.2, 0.25) is 0 Å². The van der Waals surface area contributed by atoms with Crippen LogP contribution in [0.1, 0.15) is 127 Å². The van der Waals surface area contributed by atoms with Gasteiger partial charge in [0.05, 0.1) is 136 Å². The van der Waals surface area contributed by atoms with Gasteiger partial charge in [-0.2, -0.15) is 9.97 Å². The summed E-state index contributed by atoms with van der Waals surface area (Å²) in [6.45, 7) is 7.13. The standard InChI is InChI=1S/C85H113N19O26/c1-52(53(2)130-128-51-64(82(116)117)93-71(108)24-30-121-34-36-124-38-40-126-42-43-127-41-39-125-37-35-122-31-25-86-68(105)20-21-70(107)95-77(111)54-12-15-56(16-13-54)87-45-58-46-88-75-74(90-58)80(114)99-84(118)97-75)129-85(119)102(49-72(109)92-62-11-7-10-60-61(62)48-104(81(60)115)65-18-19-69(106)96-79(65)113)29-33-123-32-28-101-26-22-57(23-27-101)91-78(112)55-14-17-63(67(44-55)120-4)94-83-89-47-66-76(98-83)103(50-73(110)100(66)3)59-8-5-6-9-59/h7,10-17,44,46-47,52-53,57,59,64-65,70,87,107H,5-6,8-9,18-43,45,48-51H2,1-4H3,(H,86,105)(H,91,112)(H,92,109)(H,93,108)(H,95,111)(H,116,117)(H,89,94,98)(H,96,106,113)(H2,88,97,99,114,118). The number of aromatic hydroxyl groups is 1.